The quantitative estimate of drug-likeness (QED) is 0.642. The summed E-state index contributed by atoms with van der Waals surface area (Å²) in [7, 11) is 0. The fourth-order valence-electron chi connectivity index (χ4n) is 2.26. The number of thioether (sulfide) groups is 1. The third-order valence-electron chi connectivity index (χ3n) is 3.12. The van der Waals surface area contributed by atoms with Crippen LogP contribution in [0.3, 0.4) is 0 Å². The van der Waals surface area contributed by atoms with Crippen molar-refractivity contribution < 1.29 is 0 Å². The molecule has 1 aliphatic heterocycles. The van der Waals surface area contributed by atoms with Crippen LogP contribution in [0.2, 0.25) is 0 Å². The van der Waals surface area contributed by atoms with Crippen molar-refractivity contribution in [2.45, 2.75) is 9.89 Å². The predicted molar refractivity (Wildman–Crippen MR) is 73.1 cm³/mol. The van der Waals surface area contributed by atoms with E-state index in [0.717, 1.165) is 10.6 Å². The van der Waals surface area contributed by atoms with Gasteiger partial charge in [-0.3, -0.25) is 10.6 Å². The van der Waals surface area contributed by atoms with Gasteiger partial charge in [0.25, 0.3) is 0 Å². The van der Waals surface area contributed by atoms with E-state index in [1.807, 2.05) is 29.2 Å². The van der Waals surface area contributed by atoms with Crippen molar-refractivity contribution in [1.82, 2.24) is 30.8 Å². The molecule has 20 heavy (non-hydrogen) atoms. The number of aromatic nitrogens is 6. The van der Waals surface area contributed by atoms with E-state index >= 15 is 0 Å². The highest BCUT2D eigenvalue weighted by Gasteiger charge is 2.47. The van der Waals surface area contributed by atoms with Gasteiger partial charge in [-0.05, 0) is 12.1 Å². The molecule has 9 heteroatoms. The summed E-state index contributed by atoms with van der Waals surface area (Å²) in [6.45, 7) is 0. The number of rotatable bonds is 2. The van der Waals surface area contributed by atoms with Crippen LogP contribution in [0, 0.1) is 0 Å². The normalized spacial score (nSPS) is 21.1. The number of hydrogen-bond donors (Lipinski definition) is 3. The Morgan fingerprint density at radius 3 is 2.65 bits per heavy atom. The number of hydrogen-bond acceptors (Lipinski definition) is 7. The summed E-state index contributed by atoms with van der Waals surface area (Å²) >= 11 is 1.50. The first-order valence-corrected chi connectivity index (χ1v) is 6.70. The van der Waals surface area contributed by atoms with Crippen LogP contribution in [0.4, 0.5) is 11.5 Å². The number of anilines is 2. The van der Waals surface area contributed by atoms with Gasteiger partial charge in [0.15, 0.2) is 10.8 Å². The SMILES string of the molecule is NC1(c2cn[nH]n2)Sc2ccccc2N1c1cn[nH]n1. The molecule has 8 nitrogen and oxygen atoms in total. The minimum absolute atomic E-state index is 0.627. The molecule has 0 spiro atoms. The van der Waals surface area contributed by atoms with Gasteiger partial charge in [0.05, 0.1) is 18.1 Å². The lowest BCUT2D eigenvalue weighted by Gasteiger charge is -2.31. The van der Waals surface area contributed by atoms with Gasteiger partial charge in [-0.2, -0.15) is 25.7 Å². The van der Waals surface area contributed by atoms with E-state index in [9.17, 15) is 0 Å². The number of fused-ring (bicyclic) bond motifs is 1. The zero-order valence-corrected chi connectivity index (χ0v) is 11.0. The average Bonchev–Trinajstić information content (AvgIpc) is 3.18. The van der Waals surface area contributed by atoms with Crippen LogP contribution in [-0.2, 0) is 4.99 Å². The van der Waals surface area contributed by atoms with Crippen LogP contribution in [-0.4, -0.2) is 30.8 Å². The molecule has 100 valence electrons. The van der Waals surface area contributed by atoms with Crippen LogP contribution in [0.25, 0.3) is 0 Å². The van der Waals surface area contributed by atoms with Crippen LogP contribution < -0.4 is 10.6 Å². The van der Waals surface area contributed by atoms with Crippen LogP contribution in [0.1, 0.15) is 5.69 Å². The molecule has 4 N–H and O–H groups in total. The summed E-state index contributed by atoms with van der Waals surface area (Å²) in [4.78, 5) is 2.04. The first kappa shape index (κ1) is 11.4. The second kappa shape index (κ2) is 4.05. The molecule has 3 heterocycles. The smallest absolute Gasteiger partial charge is 0.194 e. The van der Waals surface area contributed by atoms with E-state index in [4.69, 9.17) is 5.73 Å². The Kier molecular flexibility index (Phi) is 2.32. The zero-order chi connectivity index (χ0) is 13.6. The summed E-state index contributed by atoms with van der Waals surface area (Å²) < 4.78 is 0. The number of nitrogens with two attached hydrogens (primary N) is 1. The molecule has 0 radical (unpaired) electrons. The molecule has 0 aliphatic carbocycles. The lowest BCUT2D eigenvalue weighted by atomic mass is 10.2. The van der Waals surface area contributed by atoms with Gasteiger partial charge >= 0.3 is 0 Å². The van der Waals surface area contributed by atoms with Gasteiger partial charge in [0.2, 0.25) is 0 Å². The maximum atomic E-state index is 6.60. The molecule has 1 aromatic carbocycles. The summed E-state index contributed by atoms with van der Waals surface area (Å²) in [5.74, 6) is 0.632. The molecule has 0 saturated carbocycles. The van der Waals surface area contributed by atoms with Crippen molar-refractivity contribution in [3.63, 3.8) is 0 Å². The van der Waals surface area contributed by atoms with Crippen molar-refractivity contribution in [3.05, 3.63) is 42.4 Å². The second-order valence-electron chi connectivity index (χ2n) is 4.29. The van der Waals surface area contributed by atoms with Crippen molar-refractivity contribution in [1.29, 1.82) is 0 Å². The molecule has 1 aliphatic rings. The van der Waals surface area contributed by atoms with E-state index in [1.54, 1.807) is 12.4 Å². The summed E-state index contributed by atoms with van der Waals surface area (Å²) in [6, 6.07) is 7.94. The van der Waals surface area contributed by atoms with Crippen LogP contribution in [0.5, 0.6) is 0 Å². The Balaban J connectivity index is 1.93. The molecular weight excluding hydrogens is 276 g/mol. The van der Waals surface area contributed by atoms with E-state index in [0.29, 0.717) is 11.5 Å². The van der Waals surface area contributed by atoms with Crippen molar-refractivity contribution in [2.75, 3.05) is 4.90 Å². The van der Waals surface area contributed by atoms with Crippen molar-refractivity contribution in [2.24, 2.45) is 5.73 Å². The number of nitrogens with one attached hydrogen (secondary N) is 2. The Morgan fingerprint density at radius 2 is 1.90 bits per heavy atom. The number of benzene rings is 1. The van der Waals surface area contributed by atoms with Gasteiger partial charge < -0.3 is 0 Å². The lowest BCUT2D eigenvalue weighted by molar-refractivity contribution is 0.643. The van der Waals surface area contributed by atoms with E-state index < -0.39 is 4.99 Å². The molecule has 0 amide bonds. The Bertz CT molecular complexity index is 725. The predicted octanol–water partition coefficient (Wildman–Crippen LogP) is 0.936. The summed E-state index contributed by atoms with van der Waals surface area (Å²) in [5.41, 5.74) is 8.19. The maximum Gasteiger partial charge on any atom is 0.194 e. The zero-order valence-electron chi connectivity index (χ0n) is 10.2. The number of para-hydroxylation sites is 1. The lowest BCUT2D eigenvalue weighted by Crippen LogP contribution is -2.46. The first-order chi connectivity index (χ1) is 9.79. The van der Waals surface area contributed by atoms with Crippen molar-refractivity contribution >= 4 is 23.3 Å². The molecule has 3 aromatic rings. The number of aromatic amines is 2. The topological polar surface area (TPSA) is 112 Å². The molecule has 0 bridgehead atoms. The van der Waals surface area contributed by atoms with E-state index in [2.05, 4.69) is 30.8 Å². The average molecular weight is 286 g/mol. The fourth-order valence-corrected chi connectivity index (χ4v) is 3.49. The highest BCUT2D eigenvalue weighted by molar-refractivity contribution is 8.00. The maximum absolute atomic E-state index is 6.60. The van der Waals surface area contributed by atoms with Crippen LogP contribution in [0.15, 0.2) is 41.6 Å². The molecule has 1 unspecified atom stereocenters. The highest BCUT2D eigenvalue weighted by Crippen LogP contribution is 2.54. The van der Waals surface area contributed by atoms with Gasteiger partial charge in [-0.15, -0.1) is 5.10 Å². The first-order valence-electron chi connectivity index (χ1n) is 5.88. The monoisotopic (exact) mass is 286 g/mol. The van der Waals surface area contributed by atoms with Gasteiger partial charge in [0, 0.05) is 4.90 Å². The molecular formula is C11H10N8S. The number of nitrogens with zero attached hydrogens (tertiary/aromatic N) is 5. The third kappa shape index (κ3) is 1.47. The summed E-state index contributed by atoms with van der Waals surface area (Å²) in [5, 5.41) is 21.2. The molecule has 2 aromatic heterocycles. The Morgan fingerprint density at radius 1 is 1.10 bits per heavy atom. The molecule has 1 atom stereocenters. The molecule has 4 rings (SSSR count). The van der Waals surface area contributed by atoms with Gasteiger partial charge in [0.1, 0.15) is 5.69 Å². The third-order valence-corrected chi connectivity index (χ3v) is 4.39. The Labute approximate surface area is 117 Å². The second-order valence-corrected chi connectivity index (χ2v) is 5.55. The van der Waals surface area contributed by atoms with Crippen molar-refractivity contribution in [3.8, 4) is 0 Å². The number of H-pyrrole nitrogens is 2. The fraction of sp³-hybridized carbons (Fsp3) is 0.0909. The summed E-state index contributed by atoms with van der Waals surface area (Å²) in [6.07, 6.45) is 3.25. The van der Waals surface area contributed by atoms with E-state index in [-0.39, 0.29) is 0 Å². The Hall–Kier alpha value is -2.39. The molecule has 0 saturated heterocycles. The van der Waals surface area contributed by atoms with Gasteiger partial charge in [-0.1, -0.05) is 23.9 Å². The van der Waals surface area contributed by atoms with Gasteiger partial charge in [-0.25, -0.2) is 0 Å². The minimum Gasteiger partial charge on any atom is -0.294 e. The standard InChI is InChI=1S/C11H10N8S/c12-11(9-5-13-17-15-9)19(10-6-14-18-16-10)7-3-1-2-4-8(7)20-11/h1-6H,12H2,(H,13,15,17)(H,14,16,18). The largest absolute Gasteiger partial charge is 0.294 e. The van der Waals surface area contributed by atoms with E-state index in [1.165, 1.54) is 11.8 Å². The molecule has 0 fully saturated rings. The highest BCUT2D eigenvalue weighted by atomic mass is 32.2. The minimum atomic E-state index is -0.909. The van der Waals surface area contributed by atoms with Crippen LogP contribution >= 0.6 is 11.8 Å².